The van der Waals surface area contributed by atoms with Crippen molar-refractivity contribution in [3.63, 3.8) is 0 Å². The Labute approximate surface area is 538 Å². The number of fused-ring (bicyclic) bond motifs is 6. The predicted molar refractivity (Wildman–Crippen MR) is 357 cm³/mol. The number of amides is 1. The van der Waals surface area contributed by atoms with Crippen molar-refractivity contribution in [1.82, 2.24) is 84.5 Å². The number of amidine groups is 1. The Morgan fingerprint density at radius 3 is 1.89 bits per heavy atom. The first kappa shape index (κ1) is 60.4. The van der Waals surface area contributed by atoms with Crippen molar-refractivity contribution in [3.8, 4) is 34.0 Å². The van der Waals surface area contributed by atoms with E-state index in [2.05, 4.69) is 90.0 Å². The van der Waals surface area contributed by atoms with Crippen molar-refractivity contribution in [2.24, 2.45) is 22.9 Å². The molecule has 26 nitrogen and oxygen atoms in total. The van der Waals surface area contributed by atoms with Crippen LogP contribution in [-0.4, -0.2) is 102 Å². The SMILES string of the molecule is CCS(=O)(=O)NC(=O)C1CCC(c2nc(-c3cc4ccccc4[nH]3)c3c(N)nccn23)CC1.COC(=O)C1CCC(c2nc(-c3ccc4cc[nH]c4c3)c3c(N)ncnn23)CC1.Nc1nccn2c(C3CCC(C4=NNNN4)CC3)nc(-c3cc4cccc(Cl)c4[nH]3)c12. The van der Waals surface area contributed by atoms with Crippen LogP contribution in [0.4, 0.5) is 17.5 Å². The summed E-state index contributed by atoms with van der Waals surface area (Å²) in [5, 5.41) is 12.7. The molecule has 3 fully saturated rings. The number of nitrogens with two attached hydrogens (primary N) is 3. The monoisotopic (exact) mass is 1290 g/mol. The highest BCUT2D eigenvalue weighted by atomic mass is 35.5. The summed E-state index contributed by atoms with van der Waals surface area (Å²) in [4.78, 5) is 62.2. The highest BCUT2D eigenvalue weighted by Crippen LogP contribution is 2.43. The van der Waals surface area contributed by atoms with Crippen molar-refractivity contribution in [1.29, 1.82) is 0 Å². The van der Waals surface area contributed by atoms with Gasteiger partial charge in [-0.1, -0.05) is 54.1 Å². The highest BCUT2D eigenvalue weighted by molar-refractivity contribution is 7.90. The highest BCUT2D eigenvalue weighted by Gasteiger charge is 2.35. The summed E-state index contributed by atoms with van der Waals surface area (Å²) < 4.78 is 36.5. The number of hydrazone groups is 1. The van der Waals surface area contributed by atoms with Crippen molar-refractivity contribution in [2.45, 2.75) is 102 Å². The number of H-pyrrole nitrogens is 3. The van der Waals surface area contributed by atoms with Crippen LogP contribution in [0.1, 0.15) is 119 Å². The quantitative estimate of drug-likeness (QED) is 0.0538. The van der Waals surface area contributed by atoms with E-state index in [0.29, 0.717) is 47.2 Å². The molecule has 0 saturated heterocycles. The Morgan fingerprint density at radius 2 is 1.25 bits per heavy atom. The summed E-state index contributed by atoms with van der Waals surface area (Å²) in [6.45, 7) is 1.52. The number of carbonyl (C=O) groups excluding carboxylic acids is 2. The molecule has 28 heteroatoms. The fraction of sp³-hybridized carbons (Fsp3) is 0.323. The maximum atomic E-state index is 12.4. The largest absolute Gasteiger partial charge is 0.469 e. The van der Waals surface area contributed by atoms with Crippen molar-refractivity contribution < 1.29 is 22.7 Å². The molecule has 478 valence electrons. The number of carbonyl (C=O) groups is 2. The maximum Gasteiger partial charge on any atom is 0.308 e. The average molecular weight is 1290 g/mol. The Morgan fingerprint density at radius 1 is 0.645 bits per heavy atom. The number of nitrogens with zero attached hydrogens (tertiary/aromatic N) is 11. The molecule has 16 rings (SSSR count). The number of para-hydroxylation sites is 2. The number of hydrazine groups is 2. The molecule has 0 radical (unpaired) electrons. The fourth-order valence-electron chi connectivity index (χ4n) is 13.9. The van der Waals surface area contributed by atoms with Gasteiger partial charge in [0.2, 0.25) is 15.9 Å². The molecule has 10 heterocycles. The Kier molecular flexibility index (Phi) is 16.4. The lowest BCUT2D eigenvalue weighted by molar-refractivity contribution is -0.146. The van der Waals surface area contributed by atoms with Crippen LogP contribution in [0, 0.1) is 17.8 Å². The average Bonchev–Trinajstić information content (AvgIpc) is 1.63. The molecular weight excluding hydrogens is 1220 g/mol. The molecule has 0 unspecified atom stereocenters. The number of nitrogen functional groups attached to an aromatic ring is 3. The lowest BCUT2D eigenvalue weighted by atomic mass is 9.81. The smallest absolute Gasteiger partial charge is 0.308 e. The number of nitrogens with one attached hydrogen (secondary N) is 7. The van der Waals surface area contributed by atoms with Crippen LogP contribution >= 0.6 is 11.6 Å². The maximum absolute atomic E-state index is 12.4. The van der Waals surface area contributed by atoms with Crippen LogP contribution in [0.5, 0.6) is 0 Å². The summed E-state index contributed by atoms with van der Waals surface area (Å²) in [7, 11) is -2.10. The van der Waals surface area contributed by atoms with Gasteiger partial charge in [-0.15, -0.1) is 10.6 Å². The van der Waals surface area contributed by atoms with Gasteiger partial charge in [-0.3, -0.25) is 28.5 Å². The van der Waals surface area contributed by atoms with E-state index in [-0.39, 0.29) is 35.4 Å². The van der Waals surface area contributed by atoms with Crippen LogP contribution in [0.25, 0.3) is 83.3 Å². The van der Waals surface area contributed by atoms with Crippen LogP contribution in [0.2, 0.25) is 5.02 Å². The minimum absolute atomic E-state index is 0.0306. The number of imidazole rings is 3. The van der Waals surface area contributed by atoms with Gasteiger partial charge in [-0.2, -0.15) is 5.10 Å². The van der Waals surface area contributed by atoms with Gasteiger partial charge in [0.25, 0.3) is 0 Å². The minimum atomic E-state index is -3.55. The first-order valence-electron chi connectivity index (χ1n) is 31.3. The number of hydrogen-bond acceptors (Lipinski definition) is 19. The number of rotatable bonds is 11. The third-order valence-corrected chi connectivity index (χ3v) is 20.4. The summed E-state index contributed by atoms with van der Waals surface area (Å²) >= 11 is 6.38. The second-order valence-electron chi connectivity index (χ2n) is 24.3. The zero-order valence-corrected chi connectivity index (χ0v) is 52.7. The van der Waals surface area contributed by atoms with Gasteiger partial charge in [-0.05, 0) is 126 Å². The van der Waals surface area contributed by atoms with Gasteiger partial charge in [0.1, 0.15) is 74.9 Å². The van der Waals surface area contributed by atoms with Crippen molar-refractivity contribution in [2.75, 3.05) is 30.1 Å². The molecule has 0 atom stereocenters. The van der Waals surface area contributed by atoms with Gasteiger partial charge >= 0.3 is 5.97 Å². The molecule has 13 N–H and O–H groups in total. The number of methoxy groups -OCH3 is 1. The predicted octanol–water partition coefficient (Wildman–Crippen LogP) is 9.81. The standard InChI is InChI=1S/C23H26N6O3S.C21H22ClN9.C21H22N6O2/c1-2-33(31,32)28-23(30)15-9-7-14(8-10-15)22-27-19(20-21(24)25-11-12-29(20)22)18-13-16-5-3-4-6-17(16)26-18;22-14-3-1-2-13-10-15(25-16(13)14)17-18-19(23)24-8-9-31(18)21(26-17)12-6-4-11(5-7-12)20-27-29-30-28-20;1-29-21(28)14-5-3-13(4-6-14)20-26-17(18-19(22)24-11-25-27(18)20)15-7-2-12-8-9-23-16(12)10-15/h3-6,11-15,26H,2,7-10H2,1H3,(H2,24,25)(H,28,30);1-3,8-12,25,29-30H,4-7H2,(H2,23,24)(H,27,28);2,7-11,13-14,23H,3-6H2,1H3,(H2,22,24,25). The van der Waals surface area contributed by atoms with Gasteiger partial charge in [0.15, 0.2) is 5.82 Å². The van der Waals surface area contributed by atoms with E-state index in [1.807, 2.05) is 82.1 Å². The van der Waals surface area contributed by atoms with Crippen LogP contribution < -0.4 is 38.4 Å². The zero-order chi connectivity index (χ0) is 64.1. The molecule has 1 amide bonds. The van der Waals surface area contributed by atoms with E-state index in [1.54, 1.807) is 12.4 Å². The van der Waals surface area contributed by atoms with Gasteiger partial charge in [0, 0.05) is 87.9 Å². The number of esters is 1. The Balaban J connectivity index is 0.000000121. The number of aromatic amines is 3. The number of hydrogen-bond donors (Lipinski definition) is 10. The van der Waals surface area contributed by atoms with Gasteiger partial charge < -0.3 is 36.9 Å². The number of aromatic nitrogens is 13. The molecule has 3 aliphatic carbocycles. The molecule has 93 heavy (non-hydrogen) atoms. The summed E-state index contributed by atoms with van der Waals surface area (Å²) in [6.07, 6.45) is 20.7. The molecule has 3 aromatic carbocycles. The number of sulfonamides is 1. The lowest BCUT2D eigenvalue weighted by Gasteiger charge is -2.27. The fourth-order valence-corrected chi connectivity index (χ4v) is 14.8. The van der Waals surface area contributed by atoms with E-state index >= 15 is 0 Å². The first-order valence-corrected chi connectivity index (χ1v) is 33.4. The van der Waals surface area contributed by atoms with Crippen molar-refractivity contribution in [3.05, 3.63) is 139 Å². The first-order chi connectivity index (χ1) is 45.2. The van der Waals surface area contributed by atoms with Gasteiger partial charge in [0.05, 0.1) is 40.7 Å². The molecule has 12 aromatic rings. The van der Waals surface area contributed by atoms with E-state index in [4.69, 9.17) is 48.5 Å². The number of halogens is 1. The number of anilines is 3. The molecule has 0 bridgehead atoms. The van der Waals surface area contributed by atoms with E-state index < -0.39 is 15.9 Å². The summed E-state index contributed by atoms with van der Waals surface area (Å²) in [5.74, 6) is 5.17. The molecule has 3 saturated carbocycles. The summed E-state index contributed by atoms with van der Waals surface area (Å²) in [5.41, 5.74) is 37.8. The second-order valence-corrected chi connectivity index (χ2v) is 26.7. The molecule has 9 aromatic heterocycles. The van der Waals surface area contributed by atoms with Crippen LogP contribution in [0.15, 0.2) is 121 Å². The zero-order valence-electron chi connectivity index (χ0n) is 51.1. The topological polar surface area (TPSA) is 367 Å². The molecule has 0 spiro atoms. The Hall–Kier alpha value is -10.1. The van der Waals surface area contributed by atoms with Crippen LogP contribution in [-0.2, 0) is 24.3 Å². The normalized spacial score (nSPS) is 20.0. The molecule has 4 aliphatic rings. The Bertz CT molecular complexity index is 4910. The van der Waals surface area contributed by atoms with E-state index in [1.165, 1.54) is 20.4 Å². The van der Waals surface area contributed by atoms with Gasteiger partial charge in [-0.25, -0.2) is 48.4 Å². The van der Waals surface area contributed by atoms with Crippen LogP contribution in [0.3, 0.4) is 0 Å². The number of ether oxygens (including phenoxy) is 1. The van der Waals surface area contributed by atoms with E-state index in [9.17, 15) is 18.0 Å². The second kappa shape index (κ2) is 25.2. The molecule has 1 aliphatic heterocycles. The minimum Gasteiger partial charge on any atom is -0.469 e. The number of benzene rings is 3. The third-order valence-electron chi connectivity index (χ3n) is 18.8. The summed E-state index contributed by atoms with van der Waals surface area (Å²) in [6, 6.07) is 26.2. The molecular formula is C65H70ClN21O5S. The van der Waals surface area contributed by atoms with E-state index in [0.717, 1.165) is 171 Å². The lowest BCUT2D eigenvalue weighted by Crippen LogP contribution is -2.38. The van der Waals surface area contributed by atoms with Crippen molar-refractivity contribution >= 4 is 106 Å². The third kappa shape index (κ3) is 11.7.